The minimum Gasteiger partial charge on any atom is -0.371 e. The Morgan fingerprint density at radius 3 is 2.38 bits per heavy atom. The van der Waals surface area contributed by atoms with Crippen molar-refractivity contribution in [2.24, 2.45) is 5.92 Å². The summed E-state index contributed by atoms with van der Waals surface area (Å²) in [4.78, 5) is 11.4. The van der Waals surface area contributed by atoms with Gasteiger partial charge in [0.2, 0.25) is 0 Å². The largest absolute Gasteiger partial charge is 0.371 e. The lowest BCUT2D eigenvalue weighted by atomic mass is 10.0. The maximum Gasteiger partial charge on any atom is 0.161 e. The molecule has 13 heavy (non-hydrogen) atoms. The molecule has 0 saturated carbocycles. The molecule has 0 rings (SSSR count). The van der Waals surface area contributed by atoms with Crippen LogP contribution in [0.5, 0.6) is 0 Å². The van der Waals surface area contributed by atoms with Gasteiger partial charge >= 0.3 is 0 Å². The average molecular weight is 186 g/mol. The van der Waals surface area contributed by atoms with E-state index in [0.717, 1.165) is 19.3 Å². The van der Waals surface area contributed by atoms with E-state index in [4.69, 9.17) is 4.74 Å². The molecule has 0 fully saturated rings. The lowest BCUT2D eigenvalue weighted by Crippen LogP contribution is -2.20. The van der Waals surface area contributed by atoms with Gasteiger partial charge in [0, 0.05) is 5.92 Å². The molecule has 0 saturated heterocycles. The summed E-state index contributed by atoms with van der Waals surface area (Å²) in [7, 11) is 0. The standard InChI is InChI=1S/C11H22O2/c1-5-7-10(4)13-8-11(12)9(3)6-2/h9-10H,5-8H2,1-4H3. The maximum absolute atomic E-state index is 11.4. The molecule has 0 radical (unpaired) electrons. The molecule has 2 unspecified atom stereocenters. The van der Waals surface area contributed by atoms with Gasteiger partial charge in [0.25, 0.3) is 0 Å². The number of carbonyl (C=O) groups is 1. The predicted molar refractivity (Wildman–Crippen MR) is 54.8 cm³/mol. The van der Waals surface area contributed by atoms with Crippen molar-refractivity contribution in [3.8, 4) is 0 Å². The third-order valence-corrected chi connectivity index (χ3v) is 2.37. The van der Waals surface area contributed by atoms with Gasteiger partial charge in [-0.15, -0.1) is 0 Å². The quantitative estimate of drug-likeness (QED) is 0.611. The van der Waals surface area contributed by atoms with E-state index in [1.165, 1.54) is 0 Å². The fraction of sp³-hybridized carbons (Fsp3) is 0.909. The van der Waals surface area contributed by atoms with E-state index in [1.807, 2.05) is 20.8 Å². The van der Waals surface area contributed by atoms with Gasteiger partial charge in [0.1, 0.15) is 6.61 Å². The van der Waals surface area contributed by atoms with Crippen LogP contribution in [-0.2, 0) is 9.53 Å². The van der Waals surface area contributed by atoms with Gasteiger partial charge in [0.15, 0.2) is 5.78 Å². The molecule has 2 atom stereocenters. The number of hydrogen-bond donors (Lipinski definition) is 0. The lowest BCUT2D eigenvalue weighted by molar-refractivity contribution is -0.128. The monoisotopic (exact) mass is 186 g/mol. The molecule has 0 aromatic heterocycles. The zero-order valence-electron chi connectivity index (χ0n) is 9.30. The highest BCUT2D eigenvalue weighted by Gasteiger charge is 2.11. The molecule has 0 aliphatic heterocycles. The zero-order chi connectivity index (χ0) is 10.3. The zero-order valence-corrected chi connectivity index (χ0v) is 9.30. The highest BCUT2D eigenvalue weighted by atomic mass is 16.5. The number of ether oxygens (including phenoxy) is 1. The predicted octanol–water partition coefficient (Wildman–Crippen LogP) is 2.81. The van der Waals surface area contributed by atoms with Crippen LogP contribution in [0.4, 0.5) is 0 Å². The number of ketones is 1. The molecule has 0 aliphatic carbocycles. The second kappa shape index (κ2) is 7.07. The second-order valence-corrected chi connectivity index (χ2v) is 3.69. The first-order chi connectivity index (χ1) is 6.11. The van der Waals surface area contributed by atoms with Crippen molar-refractivity contribution < 1.29 is 9.53 Å². The summed E-state index contributed by atoms with van der Waals surface area (Å²) in [5, 5.41) is 0. The van der Waals surface area contributed by atoms with Crippen LogP contribution in [0.25, 0.3) is 0 Å². The number of rotatable bonds is 7. The van der Waals surface area contributed by atoms with Gasteiger partial charge < -0.3 is 4.74 Å². The van der Waals surface area contributed by atoms with E-state index >= 15 is 0 Å². The summed E-state index contributed by atoms with van der Waals surface area (Å²) in [5.41, 5.74) is 0. The van der Waals surface area contributed by atoms with Crippen molar-refractivity contribution in [3.05, 3.63) is 0 Å². The molecular formula is C11H22O2. The Morgan fingerprint density at radius 1 is 1.31 bits per heavy atom. The van der Waals surface area contributed by atoms with E-state index in [9.17, 15) is 4.79 Å². The lowest BCUT2D eigenvalue weighted by Gasteiger charge is -2.13. The van der Waals surface area contributed by atoms with Crippen molar-refractivity contribution in [2.45, 2.75) is 53.1 Å². The van der Waals surface area contributed by atoms with E-state index in [0.29, 0.717) is 0 Å². The van der Waals surface area contributed by atoms with Crippen LogP contribution in [0.2, 0.25) is 0 Å². The molecule has 0 N–H and O–H groups in total. The van der Waals surface area contributed by atoms with Crippen LogP contribution in [-0.4, -0.2) is 18.5 Å². The van der Waals surface area contributed by atoms with E-state index < -0.39 is 0 Å². The molecule has 0 aromatic rings. The first kappa shape index (κ1) is 12.6. The summed E-state index contributed by atoms with van der Waals surface area (Å²) < 4.78 is 5.42. The van der Waals surface area contributed by atoms with Crippen molar-refractivity contribution in [2.75, 3.05) is 6.61 Å². The summed E-state index contributed by atoms with van der Waals surface area (Å²) >= 11 is 0. The van der Waals surface area contributed by atoms with Gasteiger partial charge in [-0.05, 0) is 19.8 Å². The van der Waals surface area contributed by atoms with Crippen LogP contribution in [0.3, 0.4) is 0 Å². The van der Waals surface area contributed by atoms with E-state index in [2.05, 4.69) is 6.92 Å². The van der Waals surface area contributed by atoms with Gasteiger partial charge in [-0.3, -0.25) is 4.79 Å². The van der Waals surface area contributed by atoms with Crippen LogP contribution in [0.1, 0.15) is 47.0 Å². The molecule has 0 heterocycles. The van der Waals surface area contributed by atoms with Crippen LogP contribution in [0, 0.1) is 5.92 Å². The first-order valence-electron chi connectivity index (χ1n) is 5.26. The smallest absolute Gasteiger partial charge is 0.161 e. The number of carbonyl (C=O) groups excluding carboxylic acids is 1. The number of Topliss-reactive ketones (excluding diaryl/α,β-unsaturated/α-hetero) is 1. The Hall–Kier alpha value is -0.370. The Balaban J connectivity index is 3.57. The van der Waals surface area contributed by atoms with Crippen molar-refractivity contribution in [3.63, 3.8) is 0 Å². The normalized spacial score (nSPS) is 15.4. The Morgan fingerprint density at radius 2 is 1.92 bits per heavy atom. The molecule has 0 bridgehead atoms. The molecule has 2 heteroatoms. The molecule has 78 valence electrons. The molecule has 2 nitrogen and oxygen atoms in total. The van der Waals surface area contributed by atoms with E-state index in [-0.39, 0.29) is 24.4 Å². The summed E-state index contributed by atoms with van der Waals surface area (Å²) in [6.45, 7) is 8.41. The Kier molecular flexibility index (Phi) is 6.87. The second-order valence-electron chi connectivity index (χ2n) is 3.69. The fourth-order valence-electron chi connectivity index (χ4n) is 1.08. The Labute approximate surface area is 81.7 Å². The number of hydrogen-bond acceptors (Lipinski definition) is 2. The van der Waals surface area contributed by atoms with Gasteiger partial charge in [0.05, 0.1) is 6.10 Å². The highest BCUT2D eigenvalue weighted by molar-refractivity contribution is 5.81. The fourth-order valence-corrected chi connectivity index (χ4v) is 1.08. The van der Waals surface area contributed by atoms with Crippen molar-refractivity contribution >= 4 is 5.78 Å². The van der Waals surface area contributed by atoms with Crippen LogP contribution >= 0.6 is 0 Å². The average Bonchev–Trinajstić information content (AvgIpc) is 2.13. The molecule has 0 amide bonds. The molecule has 0 aromatic carbocycles. The summed E-state index contributed by atoms with van der Waals surface area (Å²) in [6.07, 6.45) is 3.27. The first-order valence-corrected chi connectivity index (χ1v) is 5.26. The molecular weight excluding hydrogens is 164 g/mol. The minimum atomic E-state index is 0.147. The topological polar surface area (TPSA) is 26.3 Å². The maximum atomic E-state index is 11.4. The van der Waals surface area contributed by atoms with Crippen LogP contribution < -0.4 is 0 Å². The minimum absolute atomic E-state index is 0.147. The van der Waals surface area contributed by atoms with Crippen molar-refractivity contribution in [1.82, 2.24) is 0 Å². The van der Waals surface area contributed by atoms with E-state index in [1.54, 1.807) is 0 Å². The highest BCUT2D eigenvalue weighted by Crippen LogP contribution is 2.05. The van der Waals surface area contributed by atoms with Gasteiger partial charge in [-0.25, -0.2) is 0 Å². The SMILES string of the molecule is CCCC(C)OCC(=O)C(C)CC. The Bertz CT molecular complexity index is 143. The third kappa shape index (κ3) is 5.81. The molecule has 0 spiro atoms. The van der Waals surface area contributed by atoms with Crippen LogP contribution in [0.15, 0.2) is 0 Å². The van der Waals surface area contributed by atoms with Crippen molar-refractivity contribution in [1.29, 1.82) is 0 Å². The summed E-state index contributed by atoms with van der Waals surface area (Å²) in [6, 6.07) is 0. The summed E-state index contributed by atoms with van der Waals surface area (Å²) in [5.74, 6) is 0.374. The van der Waals surface area contributed by atoms with Gasteiger partial charge in [-0.2, -0.15) is 0 Å². The third-order valence-electron chi connectivity index (χ3n) is 2.37. The van der Waals surface area contributed by atoms with Gasteiger partial charge in [-0.1, -0.05) is 27.2 Å². The molecule has 0 aliphatic rings.